The smallest absolute Gasteiger partial charge is 0.326 e. The van der Waals surface area contributed by atoms with Crippen molar-refractivity contribution in [2.75, 3.05) is 0 Å². The number of hydrogen-bond acceptors (Lipinski definition) is 5. The summed E-state index contributed by atoms with van der Waals surface area (Å²) in [4.78, 5) is 11.5. The number of rotatable bonds is 0. The molecule has 1 N–H and O–H groups in total. The van der Waals surface area contributed by atoms with Crippen molar-refractivity contribution in [2.45, 2.75) is 57.0 Å². The first-order valence-corrected chi connectivity index (χ1v) is 5.30. The van der Waals surface area contributed by atoms with Crippen molar-refractivity contribution >= 4 is 5.97 Å². The van der Waals surface area contributed by atoms with E-state index in [0.29, 0.717) is 0 Å². The third-order valence-electron chi connectivity index (χ3n) is 3.26. The number of carbonyl (C=O) groups is 1. The Bertz CT molecular complexity index is 317. The lowest BCUT2D eigenvalue weighted by atomic mass is 9.88. The molecule has 5 atom stereocenters. The number of esters is 1. The molecule has 4 aliphatic rings. The van der Waals surface area contributed by atoms with Crippen LogP contribution >= 0.6 is 0 Å². The molecule has 0 saturated carbocycles. The lowest BCUT2D eigenvalue weighted by Gasteiger charge is -2.45. The number of morpholine rings is 1. The maximum atomic E-state index is 11.5. The van der Waals surface area contributed by atoms with Gasteiger partial charge in [0, 0.05) is 6.04 Å². The Kier molecular flexibility index (Phi) is 1.74. The van der Waals surface area contributed by atoms with Crippen LogP contribution in [0, 0.1) is 0 Å². The van der Waals surface area contributed by atoms with Gasteiger partial charge in [0.25, 0.3) is 0 Å². The number of hydrogen-bond donors (Lipinski definition) is 1. The Morgan fingerprint density at radius 2 is 1.87 bits per heavy atom. The number of fused-ring (bicyclic) bond motifs is 2. The van der Waals surface area contributed by atoms with Gasteiger partial charge < -0.3 is 14.2 Å². The molecule has 4 rings (SSSR count). The second kappa shape index (κ2) is 2.72. The van der Waals surface area contributed by atoms with Gasteiger partial charge in [0.15, 0.2) is 5.79 Å². The van der Waals surface area contributed by atoms with E-state index in [2.05, 4.69) is 5.32 Å². The largest absolute Gasteiger partial charge is 0.457 e. The first kappa shape index (κ1) is 9.57. The highest BCUT2D eigenvalue weighted by molar-refractivity contribution is 5.79. The van der Waals surface area contributed by atoms with E-state index in [9.17, 15) is 4.79 Å². The molecule has 0 aromatic carbocycles. The molecule has 4 fully saturated rings. The zero-order valence-corrected chi connectivity index (χ0v) is 9.02. The minimum Gasteiger partial charge on any atom is -0.457 e. The highest BCUT2D eigenvalue weighted by Crippen LogP contribution is 2.39. The number of nitrogens with one attached hydrogen (secondary N) is 1. The van der Waals surface area contributed by atoms with Crippen LogP contribution in [0.15, 0.2) is 0 Å². The Balaban J connectivity index is 1.94. The SMILES string of the molecule is C[C@H]1N[C@H]2C(=O)O[C@@H]1[C@H]1OC(C)(C)O[C@H]12. The van der Waals surface area contributed by atoms with Gasteiger partial charge in [-0.05, 0) is 20.8 Å². The Morgan fingerprint density at radius 3 is 2.60 bits per heavy atom. The van der Waals surface area contributed by atoms with Crippen molar-refractivity contribution in [3.8, 4) is 0 Å². The average molecular weight is 213 g/mol. The standard InChI is InChI=1S/C10H15NO4/c1-4-6-8-7(14-10(2,3)15-8)5(11-4)9(12)13-6/h4-8,11H,1-3H3/t4-,5-,6+,7+,8-/m1/s1. The maximum Gasteiger partial charge on any atom is 0.326 e. The maximum absolute atomic E-state index is 11.5. The van der Waals surface area contributed by atoms with Crippen LogP contribution in [0.1, 0.15) is 20.8 Å². The Morgan fingerprint density at radius 1 is 1.20 bits per heavy atom. The van der Waals surface area contributed by atoms with Crippen molar-refractivity contribution in [2.24, 2.45) is 0 Å². The highest BCUT2D eigenvalue weighted by atomic mass is 16.8. The summed E-state index contributed by atoms with van der Waals surface area (Å²) in [5.74, 6) is -0.841. The van der Waals surface area contributed by atoms with E-state index >= 15 is 0 Å². The molecule has 5 nitrogen and oxygen atoms in total. The predicted octanol–water partition coefficient (Wildman–Crippen LogP) is -0.208. The topological polar surface area (TPSA) is 56.8 Å². The second-order valence-electron chi connectivity index (χ2n) is 4.90. The lowest BCUT2D eigenvalue weighted by Crippen LogP contribution is -2.71. The zero-order valence-electron chi connectivity index (χ0n) is 9.02. The van der Waals surface area contributed by atoms with Crippen molar-refractivity contribution in [1.29, 1.82) is 0 Å². The normalized spacial score (nSPS) is 51.4. The third-order valence-corrected chi connectivity index (χ3v) is 3.26. The third kappa shape index (κ3) is 1.23. The first-order valence-electron chi connectivity index (χ1n) is 5.30. The molecule has 4 heterocycles. The zero-order chi connectivity index (χ0) is 10.8. The van der Waals surface area contributed by atoms with Gasteiger partial charge in [-0.15, -0.1) is 0 Å². The molecule has 0 unspecified atom stereocenters. The summed E-state index contributed by atoms with van der Waals surface area (Å²) < 4.78 is 16.8. The van der Waals surface area contributed by atoms with Crippen LogP contribution in [0.2, 0.25) is 0 Å². The van der Waals surface area contributed by atoms with Gasteiger partial charge in [-0.1, -0.05) is 0 Å². The number of piperidine rings is 1. The molecule has 15 heavy (non-hydrogen) atoms. The Labute approximate surface area is 88.1 Å². The number of ether oxygens (including phenoxy) is 3. The summed E-state index contributed by atoms with van der Waals surface area (Å²) >= 11 is 0. The van der Waals surface area contributed by atoms with E-state index in [0.717, 1.165) is 0 Å². The molecule has 0 radical (unpaired) electrons. The van der Waals surface area contributed by atoms with Crippen molar-refractivity contribution < 1.29 is 19.0 Å². The van der Waals surface area contributed by atoms with E-state index in [1.807, 2.05) is 20.8 Å². The van der Waals surface area contributed by atoms with Gasteiger partial charge in [-0.2, -0.15) is 0 Å². The molecule has 0 aliphatic carbocycles. The Hall–Kier alpha value is -0.650. The molecular weight excluding hydrogens is 198 g/mol. The van der Waals surface area contributed by atoms with Crippen LogP contribution in [-0.2, 0) is 19.0 Å². The number of carbonyl (C=O) groups excluding carboxylic acids is 1. The summed E-state index contributed by atoms with van der Waals surface area (Å²) in [7, 11) is 0. The molecular formula is C10H15NO4. The molecule has 4 aliphatic heterocycles. The van der Waals surface area contributed by atoms with Crippen LogP contribution in [0.4, 0.5) is 0 Å². The summed E-state index contributed by atoms with van der Waals surface area (Å²) in [6, 6.07) is -0.247. The fourth-order valence-corrected chi connectivity index (χ4v) is 2.67. The van der Waals surface area contributed by atoms with Crippen LogP contribution in [-0.4, -0.2) is 42.2 Å². The minimum absolute atomic E-state index is 0.126. The molecule has 4 saturated heterocycles. The van der Waals surface area contributed by atoms with Gasteiger partial charge in [0.2, 0.25) is 0 Å². The average Bonchev–Trinajstić information content (AvgIpc) is 2.44. The van der Waals surface area contributed by atoms with E-state index in [-0.39, 0.29) is 36.4 Å². The summed E-state index contributed by atoms with van der Waals surface area (Å²) in [5, 5.41) is 3.20. The quantitative estimate of drug-likeness (QED) is 0.564. The predicted molar refractivity (Wildman–Crippen MR) is 50.1 cm³/mol. The van der Waals surface area contributed by atoms with Gasteiger partial charge >= 0.3 is 5.97 Å². The van der Waals surface area contributed by atoms with Gasteiger partial charge in [0.05, 0.1) is 0 Å². The van der Waals surface area contributed by atoms with Crippen LogP contribution in [0.5, 0.6) is 0 Å². The van der Waals surface area contributed by atoms with Crippen LogP contribution in [0.3, 0.4) is 0 Å². The summed E-state index contributed by atoms with van der Waals surface area (Å²) in [6.07, 6.45) is -0.560. The second-order valence-corrected chi connectivity index (χ2v) is 4.90. The van der Waals surface area contributed by atoms with Crippen LogP contribution in [0.25, 0.3) is 0 Å². The van der Waals surface area contributed by atoms with E-state index in [4.69, 9.17) is 14.2 Å². The molecule has 5 heteroatoms. The monoisotopic (exact) mass is 213 g/mol. The van der Waals surface area contributed by atoms with Gasteiger partial charge in [-0.3, -0.25) is 10.1 Å². The van der Waals surface area contributed by atoms with Crippen LogP contribution < -0.4 is 5.32 Å². The van der Waals surface area contributed by atoms with Crippen molar-refractivity contribution in [1.82, 2.24) is 5.32 Å². The fraction of sp³-hybridized carbons (Fsp3) is 0.900. The molecule has 0 spiro atoms. The first-order chi connectivity index (χ1) is 6.98. The van der Waals surface area contributed by atoms with Gasteiger partial charge in [0.1, 0.15) is 24.4 Å². The molecule has 0 aromatic rings. The molecule has 0 amide bonds. The highest BCUT2D eigenvalue weighted by Gasteiger charge is 2.60. The van der Waals surface area contributed by atoms with Gasteiger partial charge in [-0.25, -0.2) is 0 Å². The molecule has 2 bridgehead atoms. The summed E-state index contributed by atoms with van der Waals surface area (Å²) in [6.45, 7) is 5.72. The minimum atomic E-state index is -0.619. The van der Waals surface area contributed by atoms with Crippen molar-refractivity contribution in [3.05, 3.63) is 0 Å². The lowest BCUT2D eigenvalue weighted by molar-refractivity contribution is -0.188. The van der Waals surface area contributed by atoms with E-state index < -0.39 is 5.79 Å². The van der Waals surface area contributed by atoms with E-state index in [1.54, 1.807) is 0 Å². The molecule has 0 aromatic heterocycles. The summed E-state index contributed by atoms with van der Waals surface area (Å²) in [5.41, 5.74) is 0. The fourth-order valence-electron chi connectivity index (χ4n) is 2.67. The van der Waals surface area contributed by atoms with E-state index in [1.165, 1.54) is 0 Å². The molecule has 84 valence electrons. The van der Waals surface area contributed by atoms with Crippen molar-refractivity contribution in [3.63, 3.8) is 0 Å².